The molecule has 1 heterocycles. The van der Waals surface area contributed by atoms with Gasteiger partial charge in [0.05, 0.1) is 22.5 Å². The molecule has 8 nitrogen and oxygen atoms in total. The first-order chi connectivity index (χ1) is 14.3. The molecule has 0 aromatic heterocycles. The summed E-state index contributed by atoms with van der Waals surface area (Å²) in [7, 11) is -6.79. The average Bonchev–Trinajstić information content (AvgIpc) is 3.22. The lowest BCUT2D eigenvalue weighted by molar-refractivity contribution is -0.137. The van der Waals surface area contributed by atoms with Crippen LogP contribution in [-0.4, -0.2) is 75.4 Å². The number of aliphatic hydroxyl groups is 1. The number of likely N-dealkylation sites (tertiary alicyclic amines) is 1. The van der Waals surface area contributed by atoms with Gasteiger partial charge < -0.3 is 15.3 Å². The Morgan fingerprint density at radius 3 is 2.48 bits per heavy atom. The molecule has 3 aliphatic rings. The van der Waals surface area contributed by atoms with Crippen LogP contribution in [0.2, 0.25) is 0 Å². The SMILES string of the molecule is CC1(C)C(NCC(=O)N2CCC[C@H]2O)CC[C@@H]1CS(=O)(=O)C1=CCC(S(C)(=O)=O)C=C1. The molecule has 0 aromatic carbocycles. The molecule has 1 amide bonds. The third kappa shape index (κ3) is 5.40. The van der Waals surface area contributed by atoms with Gasteiger partial charge in [-0.25, -0.2) is 16.8 Å². The number of rotatable bonds is 7. The molecule has 31 heavy (non-hydrogen) atoms. The highest BCUT2D eigenvalue weighted by atomic mass is 32.2. The maximum absolute atomic E-state index is 13.0. The Morgan fingerprint density at radius 2 is 1.94 bits per heavy atom. The van der Waals surface area contributed by atoms with Gasteiger partial charge >= 0.3 is 0 Å². The van der Waals surface area contributed by atoms with Gasteiger partial charge in [0, 0.05) is 18.8 Å². The summed E-state index contributed by atoms with van der Waals surface area (Å²) in [6.45, 7) is 4.75. The minimum atomic E-state index is -3.54. The van der Waals surface area contributed by atoms with Gasteiger partial charge in [-0.05, 0) is 49.5 Å². The van der Waals surface area contributed by atoms with Crippen molar-refractivity contribution in [3.05, 3.63) is 23.1 Å². The Morgan fingerprint density at radius 1 is 1.23 bits per heavy atom. The Bertz CT molecular complexity index is 968. The molecule has 1 saturated heterocycles. The molecule has 0 bridgehead atoms. The number of hydrogen-bond acceptors (Lipinski definition) is 7. The van der Waals surface area contributed by atoms with Crippen LogP contribution in [-0.2, 0) is 24.5 Å². The smallest absolute Gasteiger partial charge is 0.238 e. The van der Waals surface area contributed by atoms with E-state index in [0.29, 0.717) is 13.0 Å². The fourth-order valence-electron chi connectivity index (χ4n) is 4.90. The maximum Gasteiger partial charge on any atom is 0.238 e. The zero-order chi connectivity index (χ0) is 23.0. The van der Waals surface area contributed by atoms with Crippen molar-refractivity contribution in [3.8, 4) is 0 Å². The van der Waals surface area contributed by atoms with E-state index in [1.54, 1.807) is 0 Å². The summed E-state index contributed by atoms with van der Waals surface area (Å²) in [6, 6.07) is 0.00175. The van der Waals surface area contributed by atoms with Crippen LogP contribution in [0.5, 0.6) is 0 Å². The predicted molar refractivity (Wildman–Crippen MR) is 120 cm³/mol. The van der Waals surface area contributed by atoms with E-state index in [-0.39, 0.29) is 46.9 Å². The highest BCUT2D eigenvalue weighted by Gasteiger charge is 2.45. The molecule has 2 fully saturated rings. The van der Waals surface area contributed by atoms with Crippen molar-refractivity contribution in [3.63, 3.8) is 0 Å². The van der Waals surface area contributed by atoms with Crippen LogP contribution in [0.25, 0.3) is 0 Å². The minimum absolute atomic E-state index is 0.00175. The zero-order valence-corrected chi connectivity index (χ0v) is 20.1. The van der Waals surface area contributed by atoms with Crippen molar-refractivity contribution >= 4 is 25.6 Å². The minimum Gasteiger partial charge on any atom is -0.374 e. The van der Waals surface area contributed by atoms with Crippen molar-refractivity contribution in [2.45, 2.75) is 63.5 Å². The van der Waals surface area contributed by atoms with Gasteiger partial charge in [-0.3, -0.25) is 4.79 Å². The number of allylic oxidation sites excluding steroid dienone is 2. The summed E-state index contributed by atoms with van der Waals surface area (Å²) < 4.78 is 49.3. The summed E-state index contributed by atoms with van der Waals surface area (Å²) in [6.07, 6.45) is 7.92. The van der Waals surface area contributed by atoms with Gasteiger partial charge in [0.2, 0.25) is 5.91 Å². The second-order valence-electron chi connectivity index (χ2n) is 9.59. The van der Waals surface area contributed by atoms with Crippen molar-refractivity contribution in [1.29, 1.82) is 0 Å². The molecule has 0 radical (unpaired) electrons. The summed E-state index contributed by atoms with van der Waals surface area (Å²) >= 11 is 0. The van der Waals surface area contributed by atoms with Crippen LogP contribution in [0.4, 0.5) is 0 Å². The lowest BCUT2D eigenvalue weighted by Gasteiger charge is -2.34. The van der Waals surface area contributed by atoms with E-state index in [1.165, 1.54) is 23.1 Å². The maximum atomic E-state index is 13.0. The van der Waals surface area contributed by atoms with E-state index in [1.807, 2.05) is 13.8 Å². The number of carbonyl (C=O) groups is 1. The first kappa shape index (κ1) is 24.4. The van der Waals surface area contributed by atoms with Gasteiger partial charge in [0.25, 0.3) is 0 Å². The molecule has 2 N–H and O–H groups in total. The monoisotopic (exact) mass is 474 g/mol. The van der Waals surface area contributed by atoms with Gasteiger partial charge in [0.1, 0.15) is 6.23 Å². The molecular weight excluding hydrogens is 440 g/mol. The second kappa shape index (κ2) is 8.96. The average molecular weight is 475 g/mol. The Kier molecular flexibility index (Phi) is 7.05. The Labute approximate surface area is 185 Å². The first-order valence-electron chi connectivity index (χ1n) is 10.8. The Balaban J connectivity index is 1.59. The quantitative estimate of drug-likeness (QED) is 0.564. The fraction of sp³-hybridized carbons (Fsp3) is 0.762. The van der Waals surface area contributed by atoms with Crippen molar-refractivity contribution in [2.24, 2.45) is 11.3 Å². The van der Waals surface area contributed by atoms with Crippen molar-refractivity contribution in [1.82, 2.24) is 10.2 Å². The van der Waals surface area contributed by atoms with Gasteiger partial charge in [-0.1, -0.05) is 26.0 Å². The highest BCUT2D eigenvalue weighted by Crippen LogP contribution is 2.44. The molecule has 2 unspecified atom stereocenters. The molecule has 4 atom stereocenters. The van der Waals surface area contributed by atoms with Gasteiger partial charge in [0.15, 0.2) is 19.7 Å². The lowest BCUT2D eigenvalue weighted by Crippen LogP contribution is -2.47. The molecule has 0 aromatic rings. The summed E-state index contributed by atoms with van der Waals surface area (Å²) in [5, 5.41) is 12.5. The summed E-state index contributed by atoms with van der Waals surface area (Å²) in [5.74, 6) is -0.212. The van der Waals surface area contributed by atoms with Crippen LogP contribution in [0.15, 0.2) is 23.1 Å². The normalized spacial score (nSPS) is 31.1. The molecular formula is C21H34N2O6S2. The number of hydrogen-bond donors (Lipinski definition) is 2. The van der Waals surface area contributed by atoms with Gasteiger partial charge in [-0.15, -0.1) is 0 Å². The standard InChI is InChI=1S/C21H34N2O6S2/c1-21(2)15(6-11-18(21)22-13-20(25)23-12-4-5-19(23)24)14-31(28,29)17-9-7-16(8-10-17)30(3,26)27/h7,9-10,15-16,18-19,22,24H,4-6,8,11-14H2,1-3H3/t15-,16?,18?,19-/m1/s1. The predicted octanol–water partition coefficient (Wildman–Crippen LogP) is 0.993. The van der Waals surface area contributed by atoms with E-state index in [9.17, 15) is 26.7 Å². The molecule has 0 spiro atoms. The number of carbonyl (C=O) groups excluding carboxylic acids is 1. The van der Waals surface area contributed by atoms with Crippen LogP contribution in [0.3, 0.4) is 0 Å². The van der Waals surface area contributed by atoms with Crippen molar-refractivity contribution in [2.75, 3.05) is 25.1 Å². The molecule has 10 heteroatoms. The molecule has 1 aliphatic heterocycles. The van der Waals surface area contributed by atoms with E-state index in [4.69, 9.17) is 0 Å². The zero-order valence-electron chi connectivity index (χ0n) is 18.5. The summed E-state index contributed by atoms with van der Waals surface area (Å²) in [4.78, 5) is 14.1. The molecule has 3 rings (SSSR count). The van der Waals surface area contributed by atoms with Gasteiger partial charge in [-0.2, -0.15) is 0 Å². The van der Waals surface area contributed by atoms with E-state index < -0.39 is 31.2 Å². The highest BCUT2D eigenvalue weighted by molar-refractivity contribution is 7.95. The van der Waals surface area contributed by atoms with E-state index in [0.717, 1.165) is 25.5 Å². The molecule has 1 saturated carbocycles. The number of nitrogens with zero attached hydrogens (tertiary/aromatic N) is 1. The van der Waals surface area contributed by atoms with E-state index >= 15 is 0 Å². The van der Waals surface area contributed by atoms with Crippen LogP contribution in [0, 0.1) is 11.3 Å². The number of aliphatic hydroxyl groups excluding tert-OH is 1. The van der Waals surface area contributed by atoms with E-state index in [2.05, 4.69) is 5.32 Å². The van der Waals surface area contributed by atoms with Crippen LogP contribution < -0.4 is 5.32 Å². The third-order valence-electron chi connectivity index (χ3n) is 7.15. The number of nitrogens with one attached hydrogen (secondary N) is 1. The molecule has 176 valence electrons. The molecule has 2 aliphatic carbocycles. The number of amides is 1. The summed E-state index contributed by atoms with van der Waals surface area (Å²) in [5.41, 5.74) is -0.328. The largest absolute Gasteiger partial charge is 0.374 e. The lowest BCUT2D eigenvalue weighted by atomic mass is 9.80. The Hall–Kier alpha value is -1.23. The topological polar surface area (TPSA) is 121 Å². The first-order valence-corrected chi connectivity index (χ1v) is 14.4. The number of sulfone groups is 2. The second-order valence-corrected chi connectivity index (χ2v) is 13.9. The van der Waals surface area contributed by atoms with Crippen LogP contribution >= 0.6 is 0 Å². The third-order valence-corrected chi connectivity index (χ3v) is 10.5. The fourth-order valence-corrected chi connectivity index (χ4v) is 7.67. The van der Waals surface area contributed by atoms with Crippen LogP contribution in [0.1, 0.15) is 46.0 Å². The van der Waals surface area contributed by atoms with Crippen molar-refractivity contribution < 1.29 is 26.7 Å².